The normalized spacial score (nSPS) is 13.8. The Labute approximate surface area is 165 Å². The largest absolute Gasteiger partial charge is 0.493 e. The van der Waals surface area contributed by atoms with E-state index in [0.29, 0.717) is 42.7 Å². The lowest BCUT2D eigenvalue weighted by Gasteiger charge is -2.24. The molecule has 1 aliphatic rings. The van der Waals surface area contributed by atoms with Crippen molar-refractivity contribution in [1.82, 2.24) is 0 Å². The van der Waals surface area contributed by atoms with E-state index < -0.39 is 0 Å². The van der Waals surface area contributed by atoms with Gasteiger partial charge in [0, 0.05) is 18.2 Å². The zero-order chi connectivity index (χ0) is 20.1. The molecule has 28 heavy (non-hydrogen) atoms. The number of carbonyl (C=O) groups is 1. The fourth-order valence-corrected chi connectivity index (χ4v) is 3.35. The summed E-state index contributed by atoms with van der Waals surface area (Å²) in [6.07, 6.45) is 0.367. The van der Waals surface area contributed by atoms with Crippen molar-refractivity contribution in [1.29, 1.82) is 0 Å². The summed E-state index contributed by atoms with van der Waals surface area (Å²) in [7, 11) is 3.15. The van der Waals surface area contributed by atoms with Gasteiger partial charge < -0.3 is 24.3 Å². The van der Waals surface area contributed by atoms with Crippen LogP contribution in [0.4, 0.5) is 5.69 Å². The van der Waals surface area contributed by atoms with Crippen LogP contribution >= 0.6 is 0 Å². The van der Waals surface area contributed by atoms with Gasteiger partial charge >= 0.3 is 0 Å². The quantitative estimate of drug-likeness (QED) is 0.772. The second kappa shape index (κ2) is 8.87. The van der Waals surface area contributed by atoms with Crippen molar-refractivity contribution < 1.29 is 23.7 Å². The molecule has 2 aromatic rings. The topological polar surface area (TPSA) is 66.0 Å². The van der Waals surface area contributed by atoms with Gasteiger partial charge in [0.2, 0.25) is 5.91 Å². The van der Waals surface area contributed by atoms with Crippen molar-refractivity contribution >= 4 is 11.6 Å². The number of rotatable bonds is 7. The third-order valence-corrected chi connectivity index (χ3v) is 4.87. The highest BCUT2D eigenvalue weighted by molar-refractivity contribution is 5.91. The summed E-state index contributed by atoms with van der Waals surface area (Å²) in [6, 6.07) is 11.3. The van der Waals surface area contributed by atoms with Crippen molar-refractivity contribution in [3.05, 3.63) is 42.0 Å². The molecule has 1 aliphatic heterocycles. The van der Waals surface area contributed by atoms with Crippen molar-refractivity contribution in [3.63, 3.8) is 0 Å². The Hall–Kier alpha value is -2.89. The summed E-state index contributed by atoms with van der Waals surface area (Å²) >= 11 is 0. The van der Waals surface area contributed by atoms with E-state index in [-0.39, 0.29) is 11.8 Å². The molecule has 1 amide bonds. The number of anilines is 1. The molecule has 1 N–H and O–H groups in total. The molecule has 6 nitrogen and oxygen atoms in total. The number of benzene rings is 2. The smallest absolute Gasteiger partial charge is 0.224 e. The Morgan fingerprint density at radius 3 is 2.39 bits per heavy atom. The van der Waals surface area contributed by atoms with Crippen molar-refractivity contribution in [2.24, 2.45) is 5.92 Å². The van der Waals surface area contributed by atoms with E-state index in [2.05, 4.69) is 19.2 Å². The SMILES string of the molecule is COc1ccc(NC(=O)CC(c2ccc3c(c2)OCCO3)C(C)C)cc1OC. The van der Waals surface area contributed by atoms with Crippen LogP contribution in [0.5, 0.6) is 23.0 Å². The van der Waals surface area contributed by atoms with E-state index in [4.69, 9.17) is 18.9 Å². The molecule has 0 fully saturated rings. The van der Waals surface area contributed by atoms with E-state index in [1.54, 1.807) is 32.4 Å². The summed E-state index contributed by atoms with van der Waals surface area (Å²) in [4.78, 5) is 12.7. The minimum Gasteiger partial charge on any atom is -0.493 e. The number of hydrogen-bond donors (Lipinski definition) is 1. The molecule has 0 bridgehead atoms. The summed E-state index contributed by atoms with van der Waals surface area (Å²) < 4.78 is 21.8. The fraction of sp³-hybridized carbons (Fsp3) is 0.409. The van der Waals surface area contributed by atoms with Gasteiger partial charge in [-0.2, -0.15) is 0 Å². The molecule has 0 saturated carbocycles. The first-order valence-corrected chi connectivity index (χ1v) is 9.43. The number of methoxy groups -OCH3 is 2. The highest BCUT2D eigenvalue weighted by atomic mass is 16.6. The summed E-state index contributed by atoms with van der Waals surface area (Å²) in [5.74, 6) is 3.00. The third-order valence-electron chi connectivity index (χ3n) is 4.87. The zero-order valence-corrected chi connectivity index (χ0v) is 16.8. The first-order valence-electron chi connectivity index (χ1n) is 9.43. The van der Waals surface area contributed by atoms with Crippen LogP contribution in [0, 0.1) is 5.92 Å². The van der Waals surface area contributed by atoms with Crippen molar-refractivity contribution in [2.75, 3.05) is 32.8 Å². The highest BCUT2D eigenvalue weighted by Crippen LogP contribution is 2.37. The second-order valence-corrected chi connectivity index (χ2v) is 7.08. The lowest BCUT2D eigenvalue weighted by atomic mass is 9.85. The van der Waals surface area contributed by atoms with Gasteiger partial charge in [-0.1, -0.05) is 19.9 Å². The molecule has 0 saturated heterocycles. The summed E-state index contributed by atoms with van der Waals surface area (Å²) in [6.45, 7) is 5.34. The first-order chi connectivity index (χ1) is 13.5. The number of carbonyl (C=O) groups excluding carboxylic acids is 1. The van der Waals surface area contributed by atoms with Gasteiger partial charge in [-0.05, 0) is 41.7 Å². The van der Waals surface area contributed by atoms with Crippen LogP contribution in [0.15, 0.2) is 36.4 Å². The Morgan fingerprint density at radius 2 is 1.71 bits per heavy atom. The lowest BCUT2D eigenvalue weighted by molar-refractivity contribution is -0.116. The third kappa shape index (κ3) is 4.50. The molecule has 1 heterocycles. The van der Waals surface area contributed by atoms with E-state index in [1.165, 1.54) is 0 Å². The number of hydrogen-bond acceptors (Lipinski definition) is 5. The molecular weight excluding hydrogens is 358 g/mol. The molecule has 0 aliphatic carbocycles. The van der Waals surface area contributed by atoms with Gasteiger partial charge in [-0.15, -0.1) is 0 Å². The first kappa shape index (κ1) is 19.9. The molecule has 1 unspecified atom stereocenters. The maximum Gasteiger partial charge on any atom is 0.224 e. The lowest BCUT2D eigenvalue weighted by Crippen LogP contribution is -2.20. The second-order valence-electron chi connectivity index (χ2n) is 7.08. The Kier molecular flexibility index (Phi) is 6.29. The number of fused-ring (bicyclic) bond motifs is 1. The molecule has 0 radical (unpaired) electrons. The Bertz CT molecular complexity index is 834. The Balaban J connectivity index is 1.73. The molecule has 3 rings (SSSR count). The molecule has 0 spiro atoms. The molecular formula is C22H27NO5. The zero-order valence-electron chi connectivity index (χ0n) is 16.8. The minimum atomic E-state index is -0.0548. The monoisotopic (exact) mass is 385 g/mol. The maximum atomic E-state index is 12.7. The predicted molar refractivity (Wildman–Crippen MR) is 108 cm³/mol. The van der Waals surface area contributed by atoms with Gasteiger partial charge in [0.25, 0.3) is 0 Å². The molecule has 2 aromatic carbocycles. The molecule has 6 heteroatoms. The fourth-order valence-electron chi connectivity index (χ4n) is 3.35. The van der Waals surface area contributed by atoms with Gasteiger partial charge in [0.05, 0.1) is 14.2 Å². The molecule has 150 valence electrons. The summed E-state index contributed by atoms with van der Waals surface area (Å²) in [5, 5.41) is 2.95. The van der Waals surface area contributed by atoms with Crippen molar-refractivity contribution in [3.8, 4) is 23.0 Å². The number of amides is 1. The number of ether oxygens (including phenoxy) is 4. The van der Waals surface area contributed by atoms with Crippen LogP contribution in [0.2, 0.25) is 0 Å². The van der Waals surface area contributed by atoms with Crippen LogP contribution in [-0.4, -0.2) is 33.3 Å². The van der Waals surface area contributed by atoms with E-state index in [0.717, 1.165) is 17.1 Å². The van der Waals surface area contributed by atoms with Crippen LogP contribution in [0.3, 0.4) is 0 Å². The van der Waals surface area contributed by atoms with E-state index >= 15 is 0 Å². The van der Waals surface area contributed by atoms with Gasteiger partial charge in [0.15, 0.2) is 23.0 Å². The van der Waals surface area contributed by atoms with E-state index in [1.807, 2.05) is 18.2 Å². The average molecular weight is 385 g/mol. The molecule has 1 atom stereocenters. The predicted octanol–water partition coefficient (Wildman–Crippen LogP) is 4.24. The van der Waals surface area contributed by atoms with Crippen LogP contribution in [0.1, 0.15) is 31.7 Å². The number of nitrogens with one attached hydrogen (secondary N) is 1. The maximum absolute atomic E-state index is 12.7. The van der Waals surface area contributed by atoms with Gasteiger partial charge in [-0.3, -0.25) is 4.79 Å². The minimum absolute atomic E-state index is 0.0548. The van der Waals surface area contributed by atoms with Gasteiger partial charge in [0.1, 0.15) is 13.2 Å². The van der Waals surface area contributed by atoms with Crippen molar-refractivity contribution in [2.45, 2.75) is 26.2 Å². The average Bonchev–Trinajstić information content (AvgIpc) is 2.71. The summed E-state index contributed by atoms with van der Waals surface area (Å²) in [5.41, 5.74) is 1.74. The standard InChI is InChI=1S/C22H27NO5/c1-14(2)17(15-5-7-19-21(11-15)28-10-9-27-19)13-22(24)23-16-6-8-18(25-3)20(12-16)26-4/h5-8,11-12,14,17H,9-10,13H2,1-4H3,(H,23,24). The van der Waals surface area contributed by atoms with Crippen LogP contribution in [0.25, 0.3) is 0 Å². The van der Waals surface area contributed by atoms with Crippen LogP contribution < -0.4 is 24.3 Å². The van der Waals surface area contributed by atoms with E-state index in [9.17, 15) is 4.79 Å². The van der Waals surface area contributed by atoms with Crippen LogP contribution in [-0.2, 0) is 4.79 Å². The highest BCUT2D eigenvalue weighted by Gasteiger charge is 2.22. The molecule has 0 aromatic heterocycles. The Morgan fingerprint density at radius 1 is 1.00 bits per heavy atom. The van der Waals surface area contributed by atoms with Gasteiger partial charge in [-0.25, -0.2) is 0 Å².